The van der Waals surface area contributed by atoms with E-state index in [-0.39, 0.29) is 5.92 Å². The maximum Gasteiger partial charge on any atom is 0.234 e. The van der Waals surface area contributed by atoms with Gasteiger partial charge in [0.1, 0.15) is 0 Å². The molecule has 1 aromatic carbocycles. The lowest BCUT2D eigenvalue weighted by Crippen LogP contribution is -2.24. The Bertz CT molecular complexity index is 495. The fourth-order valence-corrected chi connectivity index (χ4v) is 2.11. The minimum atomic E-state index is 0.187. The summed E-state index contributed by atoms with van der Waals surface area (Å²) in [7, 11) is 1.93. The molecule has 2 unspecified atom stereocenters. The standard InChI is InChI=1S/C15H21N3O/c1-4-13(12-8-6-5-7-9-12)15-17-14(18-19-15)10-11(2)16-3/h5-9,11,13,16H,4,10H2,1-3H3. The van der Waals surface area contributed by atoms with E-state index in [0.29, 0.717) is 11.9 Å². The monoisotopic (exact) mass is 259 g/mol. The molecule has 19 heavy (non-hydrogen) atoms. The molecule has 102 valence electrons. The van der Waals surface area contributed by atoms with Gasteiger partial charge in [0.05, 0.1) is 5.92 Å². The minimum Gasteiger partial charge on any atom is -0.339 e. The van der Waals surface area contributed by atoms with E-state index in [1.54, 1.807) is 0 Å². The molecule has 0 aliphatic rings. The SMILES string of the molecule is CCC(c1ccccc1)c1nc(CC(C)NC)no1. The van der Waals surface area contributed by atoms with Crippen LogP contribution in [0.3, 0.4) is 0 Å². The molecule has 0 bridgehead atoms. The van der Waals surface area contributed by atoms with Gasteiger partial charge in [0, 0.05) is 12.5 Å². The van der Waals surface area contributed by atoms with Gasteiger partial charge in [-0.15, -0.1) is 0 Å². The highest BCUT2D eigenvalue weighted by Gasteiger charge is 2.19. The van der Waals surface area contributed by atoms with Crippen LogP contribution >= 0.6 is 0 Å². The quantitative estimate of drug-likeness (QED) is 0.866. The molecule has 0 aliphatic heterocycles. The molecule has 0 aliphatic carbocycles. The van der Waals surface area contributed by atoms with Crippen molar-refractivity contribution in [3.63, 3.8) is 0 Å². The summed E-state index contributed by atoms with van der Waals surface area (Å²) in [5.41, 5.74) is 1.22. The third-order valence-electron chi connectivity index (χ3n) is 3.37. The van der Waals surface area contributed by atoms with Gasteiger partial charge in [0.25, 0.3) is 0 Å². The summed E-state index contributed by atoms with van der Waals surface area (Å²) in [4.78, 5) is 4.53. The largest absolute Gasteiger partial charge is 0.339 e. The zero-order chi connectivity index (χ0) is 13.7. The summed E-state index contributed by atoms with van der Waals surface area (Å²) in [6.07, 6.45) is 1.73. The molecule has 1 heterocycles. The van der Waals surface area contributed by atoms with Crippen LogP contribution in [0, 0.1) is 0 Å². The van der Waals surface area contributed by atoms with Crippen molar-refractivity contribution in [1.29, 1.82) is 0 Å². The Balaban J connectivity index is 2.16. The Morgan fingerprint density at radius 2 is 2.00 bits per heavy atom. The van der Waals surface area contributed by atoms with Crippen LogP contribution in [0.2, 0.25) is 0 Å². The van der Waals surface area contributed by atoms with E-state index in [1.807, 2.05) is 25.2 Å². The first-order valence-electron chi connectivity index (χ1n) is 6.79. The van der Waals surface area contributed by atoms with Gasteiger partial charge in [0.2, 0.25) is 5.89 Å². The summed E-state index contributed by atoms with van der Waals surface area (Å²) < 4.78 is 5.43. The Kier molecular flexibility index (Phi) is 4.68. The van der Waals surface area contributed by atoms with Crippen molar-refractivity contribution >= 4 is 0 Å². The number of likely N-dealkylation sites (N-methyl/N-ethyl adjacent to an activating group) is 1. The third kappa shape index (κ3) is 3.41. The molecule has 0 saturated carbocycles. The van der Waals surface area contributed by atoms with Gasteiger partial charge in [0.15, 0.2) is 5.82 Å². The number of nitrogens with zero attached hydrogens (tertiary/aromatic N) is 2. The molecule has 0 amide bonds. The predicted octanol–water partition coefficient (Wildman–Crippen LogP) is 2.76. The van der Waals surface area contributed by atoms with Crippen LogP contribution in [0.4, 0.5) is 0 Å². The Hall–Kier alpha value is -1.68. The first-order valence-corrected chi connectivity index (χ1v) is 6.79. The first-order chi connectivity index (χ1) is 9.24. The summed E-state index contributed by atoms with van der Waals surface area (Å²) in [6, 6.07) is 10.7. The highest BCUT2D eigenvalue weighted by molar-refractivity contribution is 5.24. The van der Waals surface area contributed by atoms with E-state index in [1.165, 1.54) is 5.56 Å². The lowest BCUT2D eigenvalue weighted by atomic mass is 9.96. The zero-order valence-corrected chi connectivity index (χ0v) is 11.8. The van der Waals surface area contributed by atoms with Crippen LogP contribution < -0.4 is 5.32 Å². The van der Waals surface area contributed by atoms with E-state index in [0.717, 1.165) is 18.7 Å². The molecule has 4 heteroatoms. The summed E-state index contributed by atoms with van der Waals surface area (Å²) in [5, 5.41) is 7.25. The maximum atomic E-state index is 5.43. The summed E-state index contributed by atoms with van der Waals surface area (Å²) in [5.74, 6) is 1.67. The average Bonchev–Trinajstić information content (AvgIpc) is 2.89. The van der Waals surface area contributed by atoms with Crippen molar-refractivity contribution < 1.29 is 4.52 Å². The second-order valence-corrected chi connectivity index (χ2v) is 4.81. The third-order valence-corrected chi connectivity index (χ3v) is 3.37. The second kappa shape index (κ2) is 6.48. The molecule has 2 rings (SSSR count). The number of rotatable bonds is 6. The maximum absolute atomic E-state index is 5.43. The van der Waals surface area contributed by atoms with Crippen LogP contribution in [0.5, 0.6) is 0 Å². The Labute approximate surface area is 114 Å². The van der Waals surface area contributed by atoms with Crippen molar-refractivity contribution in [3.8, 4) is 0 Å². The van der Waals surface area contributed by atoms with E-state index >= 15 is 0 Å². The van der Waals surface area contributed by atoms with Gasteiger partial charge in [-0.25, -0.2) is 0 Å². The van der Waals surface area contributed by atoms with E-state index in [9.17, 15) is 0 Å². The summed E-state index contributed by atoms with van der Waals surface area (Å²) in [6.45, 7) is 4.24. The second-order valence-electron chi connectivity index (χ2n) is 4.81. The molecular formula is C15H21N3O. The fraction of sp³-hybridized carbons (Fsp3) is 0.467. The molecule has 1 aromatic heterocycles. The van der Waals surface area contributed by atoms with Gasteiger partial charge >= 0.3 is 0 Å². The van der Waals surface area contributed by atoms with E-state index in [4.69, 9.17) is 4.52 Å². The predicted molar refractivity (Wildman–Crippen MR) is 75.1 cm³/mol. The van der Waals surface area contributed by atoms with Crippen molar-refractivity contribution in [2.45, 2.75) is 38.6 Å². The lowest BCUT2D eigenvalue weighted by molar-refractivity contribution is 0.357. The zero-order valence-electron chi connectivity index (χ0n) is 11.8. The van der Waals surface area contributed by atoms with Gasteiger partial charge < -0.3 is 9.84 Å². The molecule has 0 spiro atoms. The van der Waals surface area contributed by atoms with Crippen molar-refractivity contribution in [3.05, 3.63) is 47.6 Å². The Morgan fingerprint density at radius 1 is 1.26 bits per heavy atom. The van der Waals surface area contributed by atoms with Crippen LogP contribution in [0.25, 0.3) is 0 Å². The fourth-order valence-electron chi connectivity index (χ4n) is 2.11. The van der Waals surface area contributed by atoms with Gasteiger partial charge in [-0.3, -0.25) is 0 Å². The average molecular weight is 259 g/mol. The summed E-state index contributed by atoms with van der Waals surface area (Å²) >= 11 is 0. The highest BCUT2D eigenvalue weighted by Crippen LogP contribution is 2.26. The number of aromatic nitrogens is 2. The number of benzene rings is 1. The van der Waals surface area contributed by atoms with Crippen LogP contribution in [-0.4, -0.2) is 23.2 Å². The van der Waals surface area contributed by atoms with Crippen LogP contribution in [0.15, 0.2) is 34.9 Å². The topological polar surface area (TPSA) is 51.0 Å². The molecule has 0 radical (unpaired) electrons. The van der Waals surface area contributed by atoms with Gasteiger partial charge in [-0.05, 0) is 26.0 Å². The normalized spacial score (nSPS) is 14.3. The van der Waals surface area contributed by atoms with Gasteiger partial charge in [-0.1, -0.05) is 42.4 Å². The van der Waals surface area contributed by atoms with Crippen molar-refractivity contribution in [1.82, 2.24) is 15.5 Å². The number of hydrogen-bond donors (Lipinski definition) is 1. The van der Waals surface area contributed by atoms with Gasteiger partial charge in [-0.2, -0.15) is 4.98 Å². The van der Waals surface area contributed by atoms with Crippen LogP contribution in [0.1, 0.15) is 43.5 Å². The molecular weight excluding hydrogens is 238 g/mol. The highest BCUT2D eigenvalue weighted by atomic mass is 16.5. The molecule has 2 atom stereocenters. The number of nitrogens with one attached hydrogen (secondary N) is 1. The number of hydrogen-bond acceptors (Lipinski definition) is 4. The molecule has 4 nitrogen and oxygen atoms in total. The first kappa shape index (κ1) is 13.7. The molecule has 0 fully saturated rings. The lowest BCUT2D eigenvalue weighted by Gasteiger charge is -2.09. The van der Waals surface area contributed by atoms with Crippen molar-refractivity contribution in [2.75, 3.05) is 7.05 Å². The van der Waals surface area contributed by atoms with E-state index < -0.39 is 0 Å². The van der Waals surface area contributed by atoms with E-state index in [2.05, 4.69) is 41.4 Å². The van der Waals surface area contributed by atoms with Crippen LogP contribution in [-0.2, 0) is 6.42 Å². The smallest absolute Gasteiger partial charge is 0.234 e. The van der Waals surface area contributed by atoms with Crippen molar-refractivity contribution in [2.24, 2.45) is 0 Å². The molecule has 0 saturated heterocycles. The molecule has 1 N–H and O–H groups in total. The Morgan fingerprint density at radius 3 is 2.63 bits per heavy atom. The minimum absolute atomic E-state index is 0.187. The molecule has 2 aromatic rings.